The van der Waals surface area contributed by atoms with E-state index in [-0.39, 0.29) is 24.8 Å². The normalized spacial score (nSPS) is 19.1. The molecule has 0 spiro atoms. The molecule has 19 heavy (non-hydrogen) atoms. The number of amides is 2. The molecule has 0 aliphatic carbocycles. The van der Waals surface area contributed by atoms with Gasteiger partial charge in [0.05, 0.1) is 31.9 Å². The van der Waals surface area contributed by atoms with Crippen LogP contribution in [0, 0.1) is 0 Å². The third-order valence-electron chi connectivity index (χ3n) is 2.98. The number of rotatable bonds is 5. The molecule has 0 bridgehead atoms. The first-order valence-electron chi connectivity index (χ1n) is 6.02. The lowest BCUT2D eigenvalue weighted by molar-refractivity contribution is -0.121. The van der Waals surface area contributed by atoms with Gasteiger partial charge in [0.2, 0.25) is 5.91 Å². The molecule has 1 aliphatic heterocycles. The van der Waals surface area contributed by atoms with Crippen LogP contribution in [0.15, 0.2) is 24.3 Å². The predicted molar refractivity (Wildman–Crippen MR) is 69.0 cm³/mol. The zero-order chi connectivity index (χ0) is 13.8. The van der Waals surface area contributed by atoms with Crippen LogP contribution < -0.4 is 15.0 Å². The molecule has 1 aliphatic rings. The lowest BCUT2D eigenvalue weighted by atomic mass is 10.2. The third kappa shape index (κ3) is 2.74. The van der Waals surface area contributed by atoms with Gasteiger partial charge in [0.15, 0.2) is 0 Å². The van der Waals surface area contributed by atoms with Crippen molar-refractivity contribution in [1.29, 1.82) is 0 Å². The van der Waals surface area contributed by atoms with Crippen molar-refractivity contribution in [3.63, 3.8) is 0 Å². The number of nitrogens with zero attached hydrogens (tertiary/aromatic N) is 1. The van der Waals surface area contributed by atoms with Crippen LogP contribution in [0.2, 0.25) is 0 Å². The number of benzene rings is 1. The van der Waals surface area contributed by atoms with Gasteiger partial charge in [-0.1, -0.05) is 0 Å². The summed E-state index contributed by atoms with van der Waals surface area (Å²) < 4.78 is 5.03. The lowest BCUT2D eigenvalue weighted by Crippen LogP contribution is -2.39. The molecule has 6 heteroatoms. The second kappa shape index (κ2) is 5.81. The van der Waals surface area contributed by atoms with Crippen LogP contribution in [0.3, 0.4) is 0 Å². The number of carbonyl (C=O) groups excluding carboxylic acids is 2. The summed E-state index contributed by atoms with van der Waals surface area (Å²) >= 11 is 0. The van der Waals surface area contributed by atoms with Crippen molar-refractivity contribution in [2.45, 2.75) is 12.5 Å². The Balaban J connectivity index is 2.14. The predicted octanol–water partition coefficient (Wildman–Crippen LogP) is -0.0910. The highest BCUT2D eigenvalue weighted by Gasteiger charge is 2.38. The summed E-state index contributed by atoms with van der Waals surface area (Å²) in [4.78, 5) is 25.2. The standard InChI is InChI=1S/C13H16N2O4/c1-19-10-4-2-9(3-5-10)15-12(17)8-11(13(15)18)14-6-7-16/h2-5,11,14,16H,6-8H2,1H3. The van der Waals surface area contributed by atoms with Crippen LogP contribution in [0.25, 0.3) is 0 Å². The molecule has 1 fully saturated rings. The number of anilines is 1. The van der Waals surface area contributed by atoms with Crippen LogP contribution in [-0.2, 0) is 9.59 Å². The maximum atomic E-state index is 12.1. The van der Waals surface area contributed by atoms with E-state index in [9.17, 15) is 9.59 Å². The second-order valence-electron chi connectivity index (χ2n) is 4.20. The number of carbonyl (C=O) groups is 2. The van der Waals surface area contributed by atoms with Crippen LogP contribution in [-0.4, -0.2) is 43.2 Å². The number of hydrogen-bond donors (Lipinski definition) is 2. The monoisotopic (exact) mass is 264 g/mol. The molecule has 2 N–H and O–H groups in total. The fourth-order valence-electron chi connectivity index (χ4n) is 2.03. The number of aliphatic hydroxyl groups excluding tert-OH is 1. The molecule has 1 heterocycles. The Morgan fingerprint density at radius 1 is 1.37 bits per heavy atom. The number of ether oxygens (including phenoxy) is 1. The van der Waals surface area contributed by atoms with E-state index in [4.69, 9.17) is 9.84 Å². The van der Waals surface area contributed by atoms with E-state index in [0.29, 0.717) is 18.0 Å². The summed E-state index contributed by atoms with van der Waals surface area (Å²) in [5.74, 6) is 0.132. The zero-order valence-electron chi connectivity index (χ0n) is 10.6. The molecule has 1 saturated heterocycles. The summed E-state index contributed by atoms with van der Waals surface area (Å²) in [5.41, 5.74) is 0.532. The van der Waals surface area contributed by atoms with Gasteiger partial charge in [-0.2, -0.15) is 0 Å². The van der Waals surface area contributed by atoms with Gasteiger partial charge >= 0.3 is 0 Å². The third-order valence-corrected chi connectivity index (χ3v) is 2.98. The molecule has 1 aromatic rings. The molecule has 1 unspecified atom stereocenters. The van der Waals surface area contributed by atoms with Gasteiger partial charge in [-0.3, -0.25) is 9.59 Å². The average Bonchev–Trinajstić information content (AvgIpc) is 2.71. The van der Waals surface area contributed by atoms with Crippen molar-refractivity contribution in [2.24, 2.45) is 0 Å². The van der Waals surface area contributed by atoms with Gasteiger partial charge in [-0.15, -0.1) is 0 Å². The lowest BCUT2D eigenvalue weighted by Gasteiger charge is -2.15. The largest absolute Gasteiger partial charge is 0.497 e. The Morgan fingerprint density at radius 2 is 2.05 bits per heavy atom. The topological polar surface area (TPSA) is 78.9 Å². The van der Waals surface area contributed by atoms with Crippen LogP contribution in [0.1, 0.15) is 6.42 Å². The summed E-state index contributed by atoms with van der Waals surface area (Å²) in [6.45, 7) is 0.223. The minimum absolute atomic E-state index is 0.0689. The molecule has 0 aromatic heterocycles. The average molecular weight is 264 g/mol. The van der Waals surface area contributed by atoms with E-state index in [0.717, 1.165) is 4.90 Å². The fourth-order valence-corrected chi connectivity index (χ4v) is 2.03. The van der Waals surface area contributed by atoms with E-state index in [1.807, 2.05) is 0 Å². The molecule has 0 saturated carbocycles. The Hall–Kier alpha value is -1.92. The minimum Gasteiger partial charge on any atom is -0.497 e. The number of methoxy groups -OCH3 is 1. The van der Waals surface area contributed by atoms with Gasteiger partial charge < -0.3 is 15.2 Å². The SMILES string of the molecule is COc1ccc(N2C(=O)CC(NCCO)C2=O)cc1. The van der Waals surface area contributed by atoms with E-state index in [1.165, 1.54) is 0 Å². The highest BCUT2D eigenvalue weighted by Crippen LogP contribution is 2.24. The molecule has 102 valence electrons. The molecule has 1 atom stereocenters. The highest BCUT2D eigenvalue weighted by molar-refractivity contribution is 6.22. The van der Waals surface area contributed by atoms with Gasteiger partial charge in [0.25, 0.3) is 5.91 Å². The first-order valence-corrected chi connectivity index (χ1v) is 6.02. The number of hydrogen-bond acceptors (Lipinski definition) is 5. The van der Waals surface area contributed by atoms with Crippen molar-refractivity contribution in [2.75, 3.05) is 25.2 Å². The van der Waals surface area contributed by atoms with Crippen molar-refractivity contribution < 1.29 is 19.4 Å². The summed E-state index contributed by atoms with van der Waals surface area (Å²) in [5, 5.41) is 11.6. The van der Waals surface area contributed by atoms with E-state index < -0.39 is 6.04 Å². The zero-order valence-corrected chi connectivity index (χ0v) is 10.6. The fraction of sp³-hybridized carbons (Fsp3) is 0.385. The Labute approximate surface area is 111 Å². The molecule has 6 nitrogen and oxygen atoms in total. The van der Waals surface area contributed by atoms with Crippen LogP contribution >= 0.6 is 0 Å². The van der Waals surface area contributed by atoms with Crippen LogP contribution in [0.5, 0.6) is 5.75 Å². The molecular formula is C13H16N2O4. The quantitative estimate of drug-likeness (QED) is 0.727. The van der Waals surface area contributed by atoms with Gasteiger partial charge in [0.1, 0.15) is 5.75 Å². The first kappa shape index (κ1) is 13.5. The Bertz CT molecular complexity index is 472. The first-order chi connectivity index (χ1) is 9.17. The molecule has 1 aromatic carbocycles. The molecule has 0 radical (unpaired) electrons. The van der Waals surface area contributed by atoms with Gasteiger partial charge in [-0.25, -0.2) is 4.90 Å². The summed E-state index contributed by atoms with van der Waals surface area (Å²) in [6, 6.07) is 6.18. The van der Waals surface area contributed by atoms with Crippen molar-refractivity contribution in [1.82, 2.24) is 5.32 Å². The van der Waals surface area contributed by atoms with Gasteiger partial charge in [-0.05, 0) is 24.3 Å². The van der Waals surface area contributed by atoms with E-state index in [2.05, 4.69) is 5.32 Å². The van der Waals surface area contributed by atoms with E-state index in [1.54, 1.807) is 31.4 Å². The Kier molecular flexibility index (Phi) is 4.13. The van der Waals surface area contributed by atoms with Gasteiger partial charge in [0, 0.05) is 6.54 Å². The number of imide groups is 1. The highest BCUT2D eigenvalue weighted by atomic mass is 16.5. The van der Waals surface area contributed by atoms with Crippen LogP contribution in [0.4, 0.5) is 5.69 Å². The maximum absolute atomic E-state index is 12.1. The molecule has 2 rings (SSSR count). The van der Waals surface area contributed by atoms with Crippen molar-refractivity contribution >= 4 is 17.5 Å². The Morgan fingerprint density at radius 3 is 2.63 bits per heavy atom. The van der Waals surface area contributed by atoms with E-state index >= 15 is 0 Å². The van der Waals surface area contributed by atoms with Crippen molar-refractivity contribution in [3.8, 4) is 5.75 Å². The summed E-state index contributed by atoms with van der Waals surface area (Å²) in [7, 11) is 1.55. The minimum atomic E-state index is -0.554. The second-order valence-corrected chi connectivity index (χ2v) is 4.20. The maximum Gasteiger partial charge on any atom is 0.251 e. The smallest absolute Gasteiger partial charge is 0.251 e. The molecule has 2 amide bonds. The van der Waals surface area contributed by atoms with Crippen molar-refractivity contribution in [3.05, 3.63) is 24.3 Å². The molecular weight excluding hydrogens is 248 g/mol. The number of aliphatic hydroxyl groups is 1. The number of nitrogens with one attached hydrogen (secondary N) is 1. The summed E-state index contributed by atoms with van der Waals surface area (Å²) in [6.07, 6.45) is 0.116.